The van der Waals surface area contributed by atoms with Gasteiger partial charge in [-0.1, -0.05) is 13.8 Å². The number of hydrogen-bond acceptors (Lipinski definition) is 7. The Bertz CT molecular complexity index is 577. The van der Waals surface area contributed by atoms with Crippen molar-refractivity contribution >= 4 is 35.6 Å². The molecule has 9 nitrogen and oxygen atoms in total. The number of amides is 3. The molecule has 2 unspecified atom stereocenters. The lowest BCUT2D eigenvalue weighted by Gasteiger charge is -2.25. The second-order valence-corrected chi connectivity index (χ2v) is 9.18. The molecule has 0 rings (SSSR count). The fraction of sp³-hybridized carbons (Fsp3) is 0.800. The Kier molecular flexibility index (Phi) is 13.2. The SMILES string of the molecule is CCOC(=O)CNC(=O)C(CC(C)C)NC(=O)C(CCSC)NC(=O)OC(C)(C)C. The van der Waals surface area contributed by atoms with Gasteiger partial charge in [-0.3, -0.25) is 14.4 Å². The van der Waals surface area contributed by atoms with Crippen LogP contribution >= 0.6 is 11.8 Å². The Hall–Kier alpha value is -1.97. The Morgan fingerprint density at radius 1 is 1.00 bits per heavy atom. The molecule has 0 spiro atoms. The van der Waals surface area contributed by atoms with E-state index in [1.165, 1.54) is 11.8 Å². The standard InChI is InChI=1S/C20H37N3O6S/c1-8-28-16(24)12-21-17(25)15(11-13(2)3)22-18(26)14(9-10-30-7)23-19(27)29-20(4,5)6/h13-15H,8-12H2,1-7H3,(H,21,25)(H,22,26)(H,23,27). The number of esters is 1. The van der Waals surface area contributed by atoms with Crippen molar-refractivity contribution in [1.29, 1.82) is 0 Å². The monoisotopic (exact) mass is 447 g/mol. The molecule has 0 aliphatic heterocycles. The second kappa shape index (κ2) is 14.1. The van der Waals surface area contributed by atoms with E-state index in [9.17, 15) is 19.2 Å². The lowest BCUT2D eigenvalue weighted by molar-refractivity contribution is -0.143. The first-order chi connectivity index (χ1) is 13.9. The van der Waals surface area contributed by atoms with Crippen LogP contribution in [0.1, 0.15) is 54.4 Å². The van der Waals surface area contributed by atoms with Crippen LogP contribution in [0.15, 0.2) is 0 Å². The summed E-state index contributed by atoms with van der Waals surface area (Å²) in [6.07, 6.45) is 1.95. The van der Waals surface area contributed by atoms with Crippen LogP contribution in [0.25, 0.3) is 0 Å². The molecule has 3 amide bonds. The van der Waals surface area contributed by atoms with Gasteiger partial charge in [0.25, 0.3) is 0 Å². The second-order valence-electron chi connectivity index (χ2n) is 8.19. The molecule has 0 radical (unpaired) electrons. The quantitative estimate of drug-likeness (QED) is 0.390. The maximum absolute atomic E-state index is 12.8. The van der Waals surface area contributed by atoms with E-state index in [4.69, 9.17) is 9.47 Å². The van der Waals surface area contributed by atoms with Gasteiger partial charge in [0.1, 0.15) is 24.2 Å². The molecule has 0 saturated carbocycles. The Labute approximate surface area is 183 Å². The van der Waals surface area contributed by atoms with Gasteiger partial charge in [-0.25, -0.2) is 4.79 Å². The molecule has 0 aromatic heterocycles. The molecule has 0 aromatic rings. The lowest BCUT2D eigenvalue weighted by atomic mass is 10.0. The molecule has 174 valence electrons. The predicted molar refractivity (Wildman–Crippen MR) is 117 cm³/mol. The Morgan fingerprint density at radius 2 is 1.63 bits per heavy atom. The first kappa shape index (κ1) is 28.0. The molecule has 0 aliphatic carbocycles. The van der Waals surface area contributed by atoms with E-state index in [1.807, 2.05) is 20.1 Å². The highest BCUT2D eigenvalue weighted by Crippen LogP contribution is 2.10. The van der Waals surface area contributed by atoms with Crippen LogP contribution in [0.3, 0.4) is 0 Å². The summed E-state index contributed by atoms with van der Waals surface area (Å²) in [5.41, 5.74) is -0.697. The number of ether oxygens (including phenoxy) is 2. The first-order valence-corrected chi connectivity index (χ1v) is 11.5. The van der Waals surface area contributed by atoms with Crippen molar-refractivity contribution in [3.05, 3.63) is 0 Å². The highest BCUT2D eigenvalue weighted by molar-refractivity contribution is 7.98. The average molecular weight is 448 g/mol. The van der Waals surface area contributed by atoms with E-state index in [1.54, 1.807) is 27.7 Å². The molecule has 0 aromatic carbocycles. The molecule has 2 atom stereocenters. The third kappa shape index (κ3) is 13.3. The van der Waals surface area contributed by atoms with Crippen molar-refractivity contribution in [2.75, 3.05) is 25.2 Å². The summed E-state index contributed by atoms with van der Waals surface area (Å²) in [4.78, 5) is 49.0. The van der Waals surface area contributed by atoms with Crippen molar-refractivity contribution in [2.45, 2.75) is 72.1 Å². The van der Waals surface area contributed by atoms with Gasteiger partial charge in [0, 0.05) is 0 Å². The van der Waals surface area contributed by atoms with Gasteiger partial charge in [0.05, 0.1) is 6.61 Å². The highest BCUT2D eigenvalue weighted by atomic mass is 32.2. The van der Waals surface area contributed by atoms with Gasteiger partial charge in [0.15, 0.2) is 0 Å². The van der Waals surface area contributed by atoms with Crippen molar-refractivity contribution < 1.29 is 28.7 Å². The number of nitrogens with one attached hydrogen (secondary N) is 3. The number of rotatable bonds is 12. The highest BCUT2D eigenvalue weighted by Gasteiger charge is 2.28. The van der Waals surface area contributed by atoms with Crippen LogP contribution < -0.4 is 16.0 Å². The van der Waals surface area contributed by atoms with Crippen molar-refractivity contribution in [3.8, 4) is 0 Å². The molecule has 0 fully saturated rings. The van der Waals surface area contributed by atoms with Crippen molar-refractivity contribution in [3.63, 3.8) is 0 Å². The maximum Gasteiger partial charge on any atom is 0.408 e. The fourth-order valence-electron chi connectivity index (χ4n) is 2.42. The maximum atomic E-state index is 12.8. The average Bonchev–Trinajstić information content (AvgIpc) is 2.60. The van der Waals surface area contributed by atoms with E-state index < -0.39 is 41.6 Å². The predicted octanol–water partition coefficient (Wildman–Crippen LogP) is 1.84. The topological polar surface area (TPSA) is 123 Å². The number of carbonyl (C=O) groups excluding carboxylic acids is 4. The lowest BCUT2D eigenvalue weighted by Crippen LogP contribution is -2.55. The van der Waals surface area contributed by atoms with Crippen LogP contribution in [0.5, 0.6) is 0 Å². The van der Waals surface area contributed by atoms with Gasteiger partial charge in [-0.15, -0.1) is 0 Å². The van der Waals surface area contributed by atoms with Gasteiger partial charge < -0.3 is 25.4 Å². The number of thioether (sulfide) groups is 1. The van der Waals surface area contributed by atoms with Crippen LogP contribution in [0.4, 0.5) is 4.79 Å². The number of hydrogen-bond donors (Lipinski definition) is 3. The summed E-state index contributed by atoms with van der Waals surface area (Å²) in [5, 5.41) is 7.77. The summed E-state index contributed by atoms with van der Waals surface area (Å²) in [6, 6.07) is -1.69. The molecule has 3 N–H and O–H groups in total. The minimum absolute atomic E-state index is 0.118. The summed E-state index contributed by atoms with van der Waals surface area (Å²) in [5.74, 6) is -0.757. The Balaban J connectivity index is 5.14. The normalized spacial score (nSPS) is 13.2. The van der Waals surface area contributed by atoms with Gasteiger partial charge in [-0.05, 0) is 58.5 Å². The summed E-state index contributed by atoms with van der Waals surface area (Å²) in [6.45, 7) is 10.7. The molecular formula is C20H37N3O6S. The molecule has 0 aliphatic rings. The summed E-state index contributed by atoms with van der Waals surface area (Å²) < 4.78 is 10.0. The third-order valence-corrected chi connectivity index (χ3v) is 4.31. The van der Waals surface area contributed by atoms with E-state index >= 15 is 0 Å². The fourth-order valence-corrected chi connectivity index (χ4v) is 2.90. The number of carbonyl (C=O) groups is 4. The van der Waals surface area contributed by atoms with Crippen molar-refractivity contribution in [2.24, 2.45) is 5.92 Å². The van der Waals surface area contributed by atoms with Crippen LogP contribution in [0.2, 0.25) is 0 Å². The van der Waals surface area contributed by atoms with E-state index in [-0.39, 0.29) is 19.1 Å². The van der Waals surface area contributed by atoms with Gasteiger partial charge in [0.2, 0.25) is 11.8 Å². The third-order valence-electron chi connectivity index (χ3n) is 3.67. The zero-order valence-electron chi connectivity index (χ0n) is 19.1. The molecule has 30 heavy (non-hydrogen) atoms. The zero-order valence-corrected chi connectivity index (χ0v) is 19.9. The summed E-state index contributed by atoms with van der Waals surface area (Å²) >= 11 is 1.54. The number of alkyl carbamates (subject to hydrolysis) is 1. The minimum Gasteiger partial charge on any atom is -0.465 e. The molecular weight excluding hydrogens is 410 g/mol. The van der Waals surface area contributed by atoms with Crippen LogP contribution in [-0.4, -0.2) is 66.7 Å². The first-order valence-electron chi connectivity index (χ1n) is 10.1. The molecule has 0 heterocycles. The largest absolute Gasteiger partial charge is 0.465 e. The smallest absolute Gasteiger partial charge is 0.408 e. The molecule has 10 heteroatoms. The van der Waals surface area contributed by atoms with Crippen LogP contribution in [0, 0.1) is 5.92 Å². The Morgan fingerprint density at radius 3 is 2.13 bits per heavy atom. The van der Waals surface area contributed by atoms with Crippen molar-refractivity contribution in [1.82, 2.24) is 16.0 Å². The van der Waals surface area contributed by atoms with E-state index in [2.05, 4.69) is 16.0 Å². The van der Waals surface area contributed by atoms with E-state index in [0.717, 1.165) is 0 Å². The van der Waals surface area contributed by atoms with Gasteiger partial charge in [-0.2, -0.15) is 11.8 Å². The summed E-state index contributed by atoms with van der Waals surface area (Å²) in [7, 11) is 0. The van der Waals surface area contributed by atoms with Gasteiger partial charge >= 0.3 is 12.1 Å². The van der Waals surface area contributed by atoms with Crippen LogP contribution in [-0.2, 0) is 23.9 Å². The zero-order chi connectivity index (χ0) is 23.3. The molecule has 0 bridgehead atoms. The minimum atomic E-state index is -0.847. The van der Waals surface area contributed by atoms with E-state index in [0.29, 0.717) is 18.6 Å². The molecule has 0 saturated heterocycles.